The van der Waals surface area contributed by atoms with Gasteiger partial charge in [-0.05, 0) is 36.5 Å². The summed E-state index contributed by atoms with van der Waals surface area (Å²) in [5.74, 6) is 4.32. The summed E-state index contributed by atoms with van der Waals surface area (Å²) < 4.78 is 10.0. The lowest BCUT2D eigenvalue weighted by atomic mass is 10.2. The van der Waals surface area contributed by atoms with Crippen LogP contribution >= 0.6 is 12.2 Å². The molecule has 30 heavy (non-hydrogen) atoms. The highest BCUT2D eigenvalue weighted by Gasteiger charge is 2.20. The van der Waals surface area contributed by atoms with Crippen molar-refractivity contribution < 1.29 is 4.74 Å². The van der Waals surface area contributed by atoms with Gasteiger partial charge in [0.25, 0.3) is 0 Å². The number of benzene rings is 2. The van der Waals surface area contributed by atoms with E-state index in [9.17, 15) is 0 Å². The van der Waals surface area contributed by atoms with Crippen LogP contribution in [0.15, 0.2) is 54.6 Å². The van der Waals surface area contributed by atoms with Gasteiger partial charge in [0.15, 0.2) is 5.82 Å². The monoisotopic (exact) mass is 419 g/mol. The van der Waals surface area contributed by atoms with Crippen LogP contribution in [0.1, 0.15) is 0 Å². The second-order valence-electron chi connectivity index (χ2n) is 7.25. The highest BCUT2D eigenvalue weighted by molar-refractivity contribution is 7.71. The summed E-state index contributed by atoms with van der Waals surface area (Å²) in [6, 6.07) is 18.0. The second-order valence-corrected chi connectivity index (χ2v) is 7.61. The van der Waals surface area contributed by atoms with E-state index < -0.39 is 0 Å². The Morgan fingerprint density at radius 2 is 1.77 bits per heavy atom. The van der Waals surface area contributed by atoms with Gasteiger partial charge in [-0.15, -0.1) is 11.5 Å². The highest BCUT2D eigenvalue weighted by Crippen LogP contribution is 2.26. The molecular formula is C23H25N5OS. The lowest BCUT2D eigenvalue weighted by Crippen LogP contribution is -2.46. The second kappa shape index (κ2) is 9.26. The van der Waals surface area contributed by atoms with Crippen LogP contribution in [-0.2, 0) is 6.67 Å². The maximum absolute atomic E-state index is 5.86. The van der Waals surface area contributed by atoms with Crippen LogP contribution in [-0.4, -0.2) is 64.0 Å². The van der Waals surface area contributed by atoms with Gasteiger partial charge in [-0.2, -0.15) is 0 Å². The number of methoxy groups -OCH3 is 1. The molecule has 6 nitrogen and oxygen atoms in total. The van der Waals surface area contributed by atoms with Crippen LogP contribution in [0.25, 0.3) is 17.1 Å². The molecule has 1 fully saturated rings. The minimum Gasteiger partial charge on any atom is -0.497 e. The predicted molar refractivity (Wildman–Crippen MR) is 121 cm³/mol. The molecule has 1 saturated heterocycles. The molecule has 0 N–H and O–H groups in total. The number of terminal acetylenes is 1. The van der Waals surface area contributed by atoms with Gasteiger partial charge in [0.1, 0.15) is 5.75 Å². The number of nitrogens with zero attached hydrogens (tertiary/aromatic N) is 5. The van der Waals surface area contributed by atoms with Crippen molar-refractivity contribution in [3.05, 3.63) is 59.4 Å². The molecular weight excluding hydrogens is 394 g/mol. The van der Waals surface area contributed by atoms with Crippen LogP contribution in [0, 0.1) is 17.1 Å². The molecule has 1 aliphatic rings. The van der Waals surface area contributed by atoms with Gasteiger partial charge in [-0.3, -0.25) is 14.4 Å². The molecule has 154 valence electrons. The van der Waals surface area contributed by atoms with Crippen molar-refractivity contribution in [2.75, 3.05) is 39.8 Å². The number of piperazine rings is 1. The van der Waals surface area contributed by atoms with Crippen molar-refractivity contribution in [2.24, 2.45) is 0 Å². The molecule has 7 heteroatoms. The van der Waals surface area contributed by atoms with Crippen LogP contribution in [0.5, 0.6) is 5.75 Å². The molecule has 0 spiro atoms. The van der Waals surface area contributed by atoms with E-state index in [1.807, 2.05) is 63.8 Å². The van der Waals surface area contributed by atoms with E-state index in [1.165, 1.54) is 0 Å². The number of aromatic nitrogens is 3. The van der Waals surface area contributed by atoms with Gasteiger partial charge >= 0.3 is 0 Å². The number of hydrogen-bond acceptors (Lipinski definition) is 5. The third-order valence-corrected chi connectivity index (χ3v) is 5.69. The first-order chi connectivity index (χ1) is 14.7. The van der Waals surface area contributed by atoms with Crippen molar-refractivity contribution in [3.8, 4) is 35.2 Å². The summed E-state index contributed by atoms with van der Waals surface area (Å²) in [6.07, 6.45) is 5.44. The first-order valence-corrected chi connectivity index (χ1v) is 10.4. The SMILES string of the molecule is C#CCN1CCN(Cn2nc(-c3cccc(OC)c3)n(-c3ccccc3)c2=S)CC1. The molecule has 0 saturated carbocycles. The minimum atomic E-state index is 0.652. The van der Waals surface area contributed by atoms with E-state index in [0.717, 1.165) is 49.0 Å². The number of para-hydroxylation sites is 1. The Labute approximate surface area is 182 Å². The van der Waals surface area contributed by atoms with Crippen molar-refractivity contribution in [3.63, 3.8) is 0 Å². The molecule has 0 bridgehead atoms. The molecule has 0 atom stereocenters. The van der Waals surface area contributed by atoms with Crippen LogP contribution < -0.4 is 4.74 Å². The zero-order valence-corrected chi connectivity index (χ0v) is 17.9. The Morgan fingerprint density at radius 3 is 2.47 bits per heavy atom. The van der Waals surface area contributed by atoms with Gasteiger partial charge in [-0.1, -0.05) is 36.3 Å². The summed E-state index contributed by atoms with van der Waals surface area (Å²) in [6.45, 7) is 5.15. The standard InChI is InChI=1S/C23H25N5OS/c1-3-12-25-13-15-26(16-14-25)18-27-23(30)28(20-9-5-4-6-10-20)22(24-27)19-8-7-11-21(17-19)29-2/h1,4-11,17H,12-16,18H2,2H3. The predicted octanol–water partition coefficient (Wildman–Crippen LogP) is 3.29. The minimum absolute atomic E-state index is 0.652. The number of hydrogen-bond donors (Lipinski definition) is 0. The van der Waals surface area contributed by atoms with E-state index in [2.05, 4.69) is 15.7 Å². The van der Waals surface area contributed by atoms with Gasteiger partial charge in [0.2, 0.25) is 4.77 Å². The lowest BCUT2D eigenvalue weighted by molar-refractivity contribution is 0.111. The molecule has 0 unspecified atom stereocenters. The number of rotatable bonds is 6. The Kier molecular flexibility index (Phi) is 6.29. The first-order valence-electron chi connectivity index (χ1n) is 9.97. The van der Waals surface area contributed by atoms with Crippen molar-refractivity contribution >= 4 is 12.2 Å². The van der Waals surface area contributed by atoms with E-state index in [1.54, 1.807) is 7.11 Å². The van der Waals surface area contributed by atoms with Gasteiger partial charge in [0, 0.05) is 37.4 Å². The van der Waals surface area contributed by atoms with Crippen molar-refractivity contribution in [1.29, 1.82) is 0 Å². The number of ether oxygens (including phenoxy) is 1. The zero-order valence-electron chi connectivity index (χ0n) is 17.1. The topological polar surface area (TPSA) is 38.5 Å². The smallest absolute Gasteiger partial charge is 0.204 e. The third kappa shape index (κ3) is 4.31. The molecule has 1 aliphatic heterocycles. The molecule has 3 aromatic rings. The van der Waals surface area contributed by atoms with Crippen LogP contribution in [0.3, 0.4) is 0 Å². The molecule has 0 radical (unpaired) electrons. The maximum Gasteiger partial charge on any atom is 0.204 e. The molecule has 2 aromatic carbocycles. The molecule has 0 aliphatic carbocycles. The summed E-state index contributed by atoms with van der Waals surface area (Å²) in [4.78, 5) is 4.65. The fourth-order valence-corrected chi connectivity index (χ4v) is 3.96. The summed E-state index contributed by atoms with van der Waals surface area (Å²) in [7, 11) is 1.67. The highest BCUT2D eigenvalue weighted by atomic mass is 32.1. The summed E-state index contributed by atoms with van der Waals surface area (Å²) in [5, 5.41) is 4.91. The van der Waals surface area contributed by atoms with Gasteiger partial charge in [-0.25, -0.2) is 4.68 Å². The zero-order chi connectivity index (χ0) is 20.9. The fraction of sp³-hybridized carbons (Fsp3) is 0.304. The van der Waals surface area contributed by atoms with Crippen LogP contribution in [0.4, 0.5) is 0 Å². The third-order valence-electron chi connectivity index (χ3n) is 5.30. The Morgan fingerprint density at radius 1 is 1.03 bits per heavy atom. The van der Waals surface area contributed by atoms with Crippen molar-refractivity contribution in [1.82, 2.24) is 24.1 Å². The van der Waals surface area contributed by atoms with Crippen LogP contribution in [0.2, 0.25) is 0 Å². The average molecular weight is 420 g/mol. The van der Waals surface area contributed by atoms with E-state index in [-0.39, 0.29) is 0 Å². The molecule has 1 aromatic heterocycles. The Bertz CT molecular complexity index is 1090. The normalized spacial score (nSPS) is 15.1. The molecule has 4 rings (SSSR count). The van der Waals surface area contributed by atoms with E-state index in [0.29, 0.717) is 18.0 Å². The Balaban J connectivity index is 1.68. The lowest BCUT2D eigenvalue weighted by Gasteiger charge is -2.33. The Hall–Kier alpha value is -2.92. The molecule has 0 amide bonds. The van der Waals surface area contributed by atoms with Crippen molar-refractivity contribution in [2.45, 2.75) is 6.67 Å². The van der Waals surface area contributed by atoms with Gasteiger partial charge < -0.3 is 4.74 Å². The van der Waals surface area contributed by atoms with Gasteiger partial charge in [0.05, 0.1) is 20.3 Å². The maximum atomic E-state index is 5.86. The summed E-state index contributed by atoms with van der Waals surface area (Å²) >= 11 is 5.86. The first kappa shape index (κ1) is 20.4. The largest absolute Gasteiger partial charge is 0.497 e. The quantitative estimate of drug-likeness (QED) is 0.453. The fourth-order valence-electron chi connectivity index (χ4n) is 3.67. The summed E-state index contributed by atoms with van der Waals surface area (Å²) in [5.41, 5.74) is 1.95. The van der Waals surface area contributed by atoms with E-state index >= 15 is 0 Å². The van der Waals surface area contributed by atoms with E-state index in [4.69, 9.17) is 28.5 Å². The molecule has 2 heterocycles. The average Bonchev–Trinajstić information content (AvgIpc) is 3.12.